The van der Waals surface area contributed by atoms with Crippen LogP contribution in [0.4, 0.5) is 0 Å². The number of amides is 2. The van der Waals surface area contributed by atoms with Crippen LogP contribution in [0.3, 0.4) is 0 Å². The number of rotatable bonds is 6. The third kappa shape index (κ3) is 3.64. The molecule has 1 aliphatic carbocycles. The summed E-state index contributed by atoms with van der Waals surface area (Å²) in [6.45, 7) is 4.78. The lowest BCUT2D eigenvalue weighted by Gasteiger charge is -2.52. The quantitative estimate of drug-likeness (QED) is 0.607. The minimum Gasteiger partial charge on any atom is -0.445 e. The van der Waals surface area contributed by atoms with Crippen molar-refractivity contribution in [1.29, 1.82) is 0 Å². The monoisotopic (exact) mass is 412 g/mol. The predicted octanol–water partition coefficient (Wildman–Crippen LogP) is 3.22. The van der Waals surface area contributed by atoms with Gasteiger partial charge in [0.1, 0.15) is 0 Å². The number of hydrogen-bond acceptors (Lipinski definition) is 5. The first-order valence-electron chi connectivity index (χ1n) is 9.55. The highest BCUT2D eigenvalue weighted by Crippen LogP contribution is 2.46. The molecule has 152 valence electrons. The molecule has 1 saturated carbocycles. The van der Waals surface area contributed by atoms with E-state index in [9.17, 15) is 9.59 Å². The highest BCUT2D eigenvalue weighted by atomic mass is 32.2. The number of nitrogens with zero attached hydrogens (tertiary/aromatic N) is 2. The third-order valence-electron chi connectivity index (χ3n) is 5.96. The van der Waals surface area contributed by atoms with Crippen molar-refractivity contribution in [3.63, 3.8) is 0 Å². The van der Waals surface area contributed by atoms with Crippen molar-refractivity contribution in [3.8, 4) is 0 Å². The number of fused-ring (bicyclic) bond motifs is 1. The molecule has 0 radical (unpaired) electrons. The first-order chi connectivity index (χ1) is 13.9. The van der Waals surface area contributed by atoms with Crippen LogP contribution in [0, 0.1) is 11.3 Å². The van der Waals surface area contributed by atoms with Gasteiger partial charge < -0.3 is 15.1 Å². The molecule has 8 heteroatoms. The fraction of sp³-hybridized carbons (Fsp3) is 0.381. The van der Waals surface area contributed by atoms with Crippen LogP contribution in [0.2, 0.25) is 0 Å². The second kappa shape index (κ2) is 7.59. The molecule has 1 aliphatic rings. The number of thioether (sulfide) groups is 1. The minimum absolute atomic E-state index is 0.0438. The van der Waals surface area contributed by atoms with Gasteiger partial charge in [-0.25, -0.2) is 4.52 Å². The molecule has 0 aromatic carbocycles. The number of aromatic nitrogens is 2. The summed E-state index contributed by atoms with van der Waals surface area (Å²) < 4.78 is 7.16. The summed E-state index contributed by atoms with van der Waals surface area (Å²) in [6.07, 6.45) is 6.13. The maximum atomic E-state index is 12.8. The molecule has 0 bridgehead atoms. The lowest BCUT2D eigenvalue weighted by Crippen LogP contribution is -2.60. The van der Waals surface area contributed by atoms with E-state index in [2.05, 4.69) is 29.6 Å². The third-order valence-corrected chi connectivity index (χ3v) is 6.58. The maximum Gasteiger partial charge on any atom is 0.287 e. The van der Waals surface area contributed by atoms with Gasteiger partial charge in [-0.2, -0.15) is 5.10 Å². The Morgan fingerprint density at radius 1 is 1.28 bits per heavy atom. The lowest BCUT2D eigenvalue weighted by atomic mass is 9.58. The highest BCUT2D eigenvalue weighted by Gasteiger charge is 2.48. The van der Waals surface area contributed by atoms with Crippen LogP contribution >= 0.6 is 11.8 Å². The first-order valence-corrected chi connectivity index (χ1v) is 10.8. The van der Waals surface area contributed by atoms with Gasteiger partial charge in [0.15, 0.2) is 10.9 Å². The summed E-state index contributed by atoms with van der Waals surface area (Å²) >= 11 is 1.46. The Labute approximate surface area is 173 Å². The number of carbonyl (C=O) groups excluding carboxylic acids is 2. The van der Waals surface area contributed by atoms with Crippen molar-refractivity contribution in [3.05, 3.63) is 54.0 Å². The van der Waals surface area contributed by atoms with Crippen LogP contribution < -0.4 is 10.6 Å². The molecular formula is C21H24N4O3S. The van der Waals surface area contributed by atoms with Gasteiger partial charge in [-0.1, -0.05) is 31.7 Å². The average molecular weight is 413 g/mol. The van der Waals surface area contributed by atoms with Gasteiger partial charge in [0.2, 0.25) is 0 Å². The summed E-state index contributed by atoms with van der Waals surface area (Å²) in [4.78, 5) is 25.0. The standard InChI is InChI=1S/C21H24N4O3S/c1-21(2)13(11-22-20(27)16-7-8-18(28-16)29-3)10-17(21)24-19(26)14-12-23-25-9-5-4-6-15(14)25/h4-9,12-13,17H,10-11H2,1-3H3,(H,22,27)(H,24,26). The lowest BCUT2D eigenvalue weighted by molar-refractivity contribution is 0.0148. The SMILES string of the molecule is CSc1ccc(C(=O)NCC2CC(NC(=O)c3cnn4ccccc34)C2(C)C)o1. The zero-order chi connectivity index (χ0) is 20.6. The summed E-state index contributed by atoms with van der Waals surface area (Å²) in [6, 6.07) is 9.16. The van der Waals surface area contributed by atoms with Crippen LogP contribution in [-0.2, 0) is 0 Å². The van der Waals surface area contributed by atoms with Gasteiger partial charge in [0, 0.05) is 18.8 Å². The molecule has 7 nitrogen and oxygen atoms in total. The first kappa shape index (κ1) is 19.6. The van der Waals surface area contributed by atoms with Crippen molar-refractivity contribution >= 4 is 29.1 Å². The molecule has 2 atom stereocenters. The van der Waals surface area contributed by atoms with Crippen molar-refractivity contribution in [2.75, 3.05) is 12.8 Å². The van der Waals surface area contributed by atoms with Gasteiger partial charge in [0.05, 0.1) is 17.3 Å². The van der Waals surface area contributed by atoms with Crippen molar-refractivity contribution in [2.45, 2.75) is 31.4 Å². The van der Waals surface area contributed by atoms with E-state index < -0.39 is 0 Å². The number of hydrogen-bond donors (Lipinski definition) is 2. The van der Waals surface area contributed by atoms with Gasteiger partial charge in [-0.3, -0.25) is 9.59 Å². The van der Waals surface area contributed by atoms with E-state index in [-0.39, 0.29) is 29.2 Å². The molecule has 0 aliphatic heterocycles. The molecule has 4 rings (SSSR count). The number of nitrogens with one attached hydrogen (secondary N) is 2. The average Bonchev–Trinajstić information content (AvgIpc) is 3.36. The molecule has 2 unspecified atom stereocenters. The number of carbonyl (C=O) groups is 2. The van der Waals surface area contributed by atoms with Crippen molar-refractivity contribution in [1.82, 2.24) is 20.2 Å². The molecule has 3 aromatic heterocycles. The van der Waals surface area contributed by atoms with Crippen LogP contribution in [0.15, 0.2) is 52.2 Å². The maximum absolute atomic E-state index is 12.8. The van der Waals surface area contributed by atoms with E-state index in [4.69, 9.17) is 4.42 Å². The Morgan fingerprint density at radius 3 is 2.83 bits per heavy atom. The Morgan fingerprint density at radius 2 is 2.10 bits per heavy atom. The molecule has 3 heterocycles. The largest absolute Gasteiger partial charge is 0.445 e. The molecule has 0 spiro atoms. The fourth-order valence-corrected chi connectivity index (χ4v) is 4.18. The molecular weight excluding hydrogens is 388 g/mol. The second-order valence-electron chi connectivity index (χ2n) is 7.90. The summed E-state index contributed by atoms with van der Waals surface area (Å²) in [5.41, 5.74) is 1.23. The van der Waals surface area contributed by atoms with Crippen LogP contribution in [0.25, 0.3) is 5.52 Å². The Hall–Kier alpha value is -2.74. The van der Waals surface area contributed by atoms with Crippen molar-refractivity contribution in [2.24, 2.45) is 11.3 Å². The molecule has 3 aromatic rings. The zero-order valence-electron chi connectivity index (χ0n) is 16.6. The van der Waals surface area contributed by atoms with Gasteiger partial charge in [-0.15, -0.1) is 0 Å². The molecule has 29 heavy (non-hydrogen) atoms. The van der Waals surface area contributed by atoms with E-state index in [1.807, 2.05) is 30.7 Å². The molecule has 2 N–H and O–H groups in total. The Balaban J connectivity index is 1.33. The van der Waals surface area contributed by atoms with Crippen molar-refractivity contribution < 1.29 is 14.0 Å². The van der Waals surface area contributed by atoms with E-state index in [1.54, 1.807) is 22.8 Å². The van der Waals surface area contributed by atoms with Crippen LogP contribution in [-0.4, -0.2) is 40.3 Å². The van der Waals surface area contributed by atoms with E-state index in [0.29, 0.717) is 17.9 Å². The highest BCUT2D eigenvalue weighted by molar-refractivity contribution is 7.98. The van der Waals surface area contributed by atoms with Crippen LogP contribution in [0.5, 0.6) is 0 Å². The molecule has 1 fully saturated rings. The topological polar surface area (TPSA) is 88.6 Å². The minimum atomic E-state index is -0.208. The van der Waals surface area contributed by atoms with Crippen LogP contribution in [0.1, 0.15) is 41.2 Å². The fourth-order valence-electron chi connectivity index (χ4n) is 3.81. The predicted molar refractivity (Wildman–Crippen MR) is 111 cm³/mol. The molecule has 2 amide bonds. The summed E-state index contributed by atoms with van der Waals surface area (Å²) in [7, 11) is 0. The number of pyridine rings is 1. The number of furan rings is 1. The normalized spacial score (nSPS) is 20.2. The van der Waals surface area contributed by atoms with E-state index in [0.717, 1.165) is 17.0 Å². The summed E-state index contributed by atoms with van der Waals surface area (Å²) in [5.74, 6) is 0.270. The summed E-state index contributed by atoms with van der Waals surface area (Å²) in [5, 5.41) is 11.0. The van der Waals surface area contributed by atoms with Gasteiger partial charge >= 0.3 is 0 Å². The Kier molecular flexibility index (Phi) is 5.12. The smallest absolute Gasteiger partial charge is 0.287 e. The van der Waals surface area contributed by atoms with E-state index >= 15 is 0 Å². The Bertz CT molecular complexity index is 1060. The van der Waals surface area contributed by atoms with Gasteiger partial charge in [-0.05, 0) is 48.3 Å². The van der Waals surface area contributed by atoms with Gasteiger partial charge in [0.25, 0.3) is 11.8 Å². The second-order valence-corrected chi connectivity index (χ2v) is 8.71. The zero-order valence-corrected chi connectivity index (χ0v) is 17.5. The van der Waals surface area contributed by atoms with E-state index in [1.165, 1.54) is 11.8 Å². The molecule has 0 saturated heterocycles.